The second-order valence-electron chi connectivity index (χ2n) is 9.41. The third-order valence-corrected chi connectivity index (χ3v) is 7.00. The normalized spacial score (nSPS) is 12.8. The smallest absolute Gasteiger partial charge is 0.145 e. The number of hydrogen-bond acceptors (Lipinski definition) is 5. The molecule has 35 heavy (non-hydrogen) atoms. The summed E-state index contributed by atoms with van der Waals surface area (Å²) < 4.78 is 27.5. The lowest BCUT2D eigenvalue weighted by molar-refractivity contribution is 0.414. The molecule has 0 unspecified atom stereocenters. The minimum Gasteiger partial charge on any atom is -0.497 e. The highest BCUT2D eigenvalue weighted by Crippen LogP contribution is 2.26. The lowest BCUT2D eigenvalue weighted by Crippen LogP contribution is -2.26. The van der Waals surface area contributed by atoms with Crippen LogP contribution in [0.2, 0.25) is 0 Å². The molecule has 0 fully saturated rings. The van der Waals surface area contributed by atoms with Crippen molar-refractivity contribution in [1.29, 1.82) is 0 Å². The van der Waals surface area contributed by atoms with E-state index < -0.39 is 15.7 Å². The van der Waals surface area contributed by atoms with Crippen LogP contribution >= 0.6 is 0 Å². The number of benzene rings is 2. The summed E-state index contributed by atoms with van der Waals surface area (Å²) in [7, 11) is 1.96. The summed E-state index contributed by atoms with van der Waals surface area (Å²) in [6.45, 7) is 10.9. The van der Waals surface area contributed by atoms with E-state index in [1.807, 2.05) is 71.0 Å². The molecule has 0 saturated heterocycles. The van der Waals surface area contributed by atoms with Gasteiger partial charge in [-0.25, -0.2) is 9.19 Å². The predicted octanol–water partition coefficient (Wildman–Crippen LogP) is 5.89. The van der Waals surface area contributed by atoms with Crippen molar-refractivity contribution in [3.8, 4) is 11.5 Å². The number of hydrogen-bond donors (Lipinski definition) is 0. The number of anilines is 1. The Labute approximate surface area is 211 Å². The highest BCUT2D eigenvalue weighted by molar-refractivity contribution is 7.85. The number of aryl methyl sites for hydroxylation is 1. The minimum atomic E-state index is -1.36. The van der Waals surface area contributed by atoms with Gasteiger partial charge in [-0.1, -0.05) is 24.3 Å². The standard InChI is InChI=1S/C28H35N3O3S/c1-20-8-17-26(21(2)30-35(32)28(3,4)5)27(29-20)31(18-22-9-13-24(33-6)14-10-22)19-23-11-15-25(34-7)16-12-23/h8-17H,18-19H2,1-7H3/b30-21+/t35-/m1/s1. The topological polar surface area (TPSA) is 64.0 Å². The number of pyridine rings is 1. The minimum absolute atomic E-state index is 0.439. The maximum Gasteiger partial charge on any atom is 0.145 e. The Morgan fingerprint density at radius 2 is 1.37 bits per heavy atom. The van der Waals surface area contributed by atoms with Gasteiger partial charge in [0.05, 0.1) is 24.7 Å². The second-order valence-corrected chi connectivity index (χ2v) is 11.3. The van der Waals surface area contributed by atoms with Crippen molar-refractivity contribution in [1.82, 2.24) is 4.98 Å². The van der Waals surface area contributed by atoms with Crippen LogP contribution in [0.5, 0.6) is 11.5 Å². The van der Waals surface area contributed by atoms with E-state index in [-0.39, 0.29) is 0 Å². The van der Waals surface area contributed by atoms with E-state index in [4.69, 9.17) is 14.5 Å². The summed E-state index contributed by atoms with van der Waals surface area (Å²) in [6, 6.07) is 20.1. The van der Waals surface area contributed by atoms with Gasteiger partial charge in [0.2, 0.25) is 0 Å². The molecule has 3 aromatic rings. The maximum absolute atomic E-state index is 12.8. The fourth-order valence-electron chi connectivity index (χ4n) is 3.49. The molecule has 0 spiro atoms. The molecule has 0 aliphatic rings. The van der Waals surface area contributed by atoms with Crippen LogP contribution in [0.15, 0.2) is 65.1 Å². The highest BCUT2D eigenvalue weighted by atomic mass is 32.2. The first-order chi connectivity index (χ1) is 16.6. The Kier molecular flexibility index (Phi) is 8.67. The molecule has 3 rings (SSSR count). The van der Waals surface area contributed by atoms with Gasteiger partial charge in [0.25, 0.3) is 0 Å². The molecule has 0 amide bonds. The van der Waals surface area contributed by atoms with Gasteiger partial charge in [0.1, 0.15) is 28.3 Å². The first kappa shape index (κ1) is 26.4. The van der Waals surface area contributed by atoms with E-state index >= 15 is 0 Å². The molecule has 0 bridgehead atoms. The molecule has 1 atom stereocenters. The molecule has 186 valence electrons. The van der Waals surface area contributed by atoms with Crippen LogP contribution in [-0.4, -0.2) is 33.9 Å². The van der Waals surface area contributed by atoms with Gasteiger partial charge >= 0.3 is 0 Å². The van der Waals surface area contributed by atoms with Crippen LogP contribution in [-0.2, 0) is 24.1 Å². The third kappa shape index (κ3) is 7.15. The van der Waals surface area contributed by atoms with Gasteiger partial charge in [-0.2, -0.15) is 4.40 Å². The maximum atomic E-state index is 12.8. The quantitative estimate of drug-likeness (QED) is 0.348. The number of methoxy groups -OCH3 is 2. The fraction of sp³-hybridized carbons (Fsp3) is 0.357. The van der Waals surface area contributed by atoms with Crippen LogP contribution in [0.3, 0.4) is 0 Å². The van der Waals surface area contributed by atoms with Crippen molar-refractivity contribution in [2.75, 3.05) is 19.1 Å². The van der Waals surface area contributed by atoms with Crippen molar-refractivity contribution in [3.05, 3.63) is 83.0 Å². The lowest BCUT2D eigenvalue weighted by atomic mass is 10.1. The molecule has 7 heteroatoms. The molecule has 0 aliphatic heterocycles. The Morgan fingerprint density at radius 3 is 1.80 bits per heavy atom. The molecular formula is C28H35N3O3S. The largest absolute Gasteiger partial charge is 0.497 e. The van der Waals surface area contributed by atoms with Gasteiger partial charge in [-0.05, 0) is 82.1 Å². The van der Waals surface area contributed by atoms with Crippen LogP contribution in [0.4, 0.5) is 5.82 Å². The van der Waals surface area contributed by atoms with Gasteiger partial charge in [-0.15, -0.1) is 0 Å². The summed E-state index contributed by atoms with van der Waals surface area (Å²) >= 11 is 0. The zero-order valence-corrected chi connectivity index (χ0v) is 22.5. The highest BCUT2D eigenvalue weighted by Gasteiger charge is 2.22. The molecular weight excluding hydrogens is 458 g/mol. The van der Waals surface area contributed by atoms with Crippen LogP contribution in [0.25, 0.3) is 0 Å². The number of ether oxygens (including phenoxy) is 2. The molecule has 0 aliphatic carbocycles. The molecule has 1 heterocycles. The zero-order valence-electron chi connectivity index (χ0n) is 21.7. The Morgan fingerprint density at radius 1 is 0.886 bits per heavy atom. The van der Waals surface area contributed by atoms with Gasteiger partial charge in [0.15, 0.2) is 0 Å². The number of rotatable bonds is 9. The van der Waals surface area contributed by atoms with Crippen molar-refractivity contribution in [2.24, 2.45) is 4.40 Å². The molecule has 6 nitrogen and oxygen atoms in total. The second kappa shape index (κ2) is 11.5. The van der Waals surface area contributed by atoms with Crippen molar-refractivity contribution < 1.29 is 13.7 Å². The van der Waals surface area contributed by atoms with E-state index in [0.717, 1.165) is 39.7 Å². The molecule has 0 N–H and O–H groups in total. The van der Waals surface area contributed by atoms with E-state index in [1.165, 1.54) is 0 Å². The first-order valence-corrected chi connectivity index (χ1v) is 12.7. The Hall–Kier alpha value is -3.19. The molecule has 1 aromatic heterocycles. The van der Waals surface area contributed by atoms with E-state index in [2.05, 4.69) is 33.6 Å². The zero-order chi connectivity index (χ0) is 25.6. The summed E-state index contributed by atoms with van der Waals surface area (Å²) in [4.78, 5) is 7.15. The van der Waals surface area contributed by atoms with Crippen LogP contribution < -0.4 is 14.4 Å². The van der Waals surface area contributed by atoms with Gasteiger partial charge in [-0.3, -0.25) is 0 Å². The SMILES string of the molecule is COc1ccc(CN(Cc2ccc(OC)cc2)c2nc(C)ccc2/C(C)=N/[S@](=O)C(C)(C)C)cc1. The molecule has 0 radical (unpaired) electrons. The predicted molar refractivity (Wildman–Crippen MR) is 145 cm³/mol. The first-order valence-electron chi connectivity index (χ1n) is 11.6. The van der Waals surface area contributed by atoms with Crippen molar-refractivity contribution >= 4 is 22.5 Å². The molecule has 2 aromatic carbocycles. The summed E-state index contributed by atoms with van der Waals surface area (Å²) in [5, 5.41) is 0. The van der Waals surface area contributed by atoms with E-state index in [0.29, 0.717) is 18.8 Å². The average Bonchev–Trinajstić information content (AvgIpc) is 2.83. The number of nitrogens with zero attached hydrogens (tertiary/aromatic N) is 3. The van der Waals surface area contributed by atoms with Gasteiger partial charge in [0, 0.05) is 24.3 Å². The number of aromatic nitrogens is 1. The summed E-state index contributed by atoms with van der Waals surface area (Å²) in [5.74, 6) is 2.44. The fourth-order valence-corrected chi connectivity index (χ4v) is 4.11. The van der Waals surface area contributed by atoms with E-state index in [1.54, 1.807) is 14.2 Å². The van der Waals surface area contributed by atoms with E-state index in [9.17, 15) is 4.21 Å². The van der Waals surface area contributed by atoms with Crippen molar-refractivity contribution in [3.63, 3.8) is 0 Å². The molecule has 0 saturated carbocycles. The monoisotopic (exact) mass is 493 g/mol. The Balaban J connectivity index is 2.05. The Bertz CT molecular complexity index is 1130. The summed E-state index contributed by atoms with van der Waals surface area (Å²) in [6.07, 6.45) is 0. The lowest BCUT2D eigenvalue weighted by Gasteiger charge is -2.27. The average molecular weight is 494 g/mol. The van der Waals surface area contributed by atoms with Crippen molar-refractivity contribution in [2.45, 2.75) is 52.5 Å². The van der Waals surface area contributed by atoms with Crippen LogP contribution in [0.1, 0.15) is 50.1 Å². The van der Waals surface area contributed by atoms with Gasteiger partial charge < -0.3 is 14.4 Å². The third-order valence-electron chi connectivity index (χ3n) is 5.51. The summed E-state index contributed by atoms with van der Waals surface area (Å²) in [5.41, 5.74) is 4.73. The van der Waals surface area contributed by atoms with Crippen LogP contribution in [0, 0.1) is 6.92 Å².